The molecule has 1 aliphatic rings. The fourth-order valence-electron chi connectivity index (χ4n) is 3.59. The van der Waals surface area contributed by atoms with E-state index in [1.54, 1.807) is 10.6 Å². The summed E-state index contributed by atoms with van der Waals surface area (Å²) in [6, 6.07) is 14.5. The molecule has 26 heavy (non-hydrogen) atoms. The monoisotopic (exact) mass is 350 g/mol. The Bertz CT molecular complexity index is 1130. The van der Waals surface area contributed by atoms with Crippen LogP contribution < -0.4 is 11.2 Å². The lowest BCUT2D eigenvalue weighted by Crippen LogP contribution is -2.38. The number of carbonyl (C=O) groups is 1. The molecule has 2 unspecified atom stereocenters. The van der Waals surface area contributed by atoms with Gasteiger partial charge in [-0.25, -0.2) is 9.59 Å². The Morgan fingerprint density at radius 2 is 1.88 bits per heavy atom. The first kappa shape index (κ1) is 16.3. The van der Waals surface area contributed by atoms with Crippen molar-refractivity contribution in [1.82, 2.24) is 9.13 Å². The van der Waals surface area contributed by atoms with E-state index in [4.69, 9.17) is 0 Å². The van der Waals surface area contributed by atoms with Crippen LogP contribution >= 0.6 is 0 Å². The van der Waals surface area contributed by atoms with Gasteiger partial charge in [-0.2, -0.15) is 0 Å². The first-order chi connectivity index (χ1) is 12.5. The summed E-state index contributed by atoms with van der Waals surface area (Å²) >= 11 is 0. The fourth-order valence-corrected chi connectivity index (χ4v) is 3.59. The van der Waals surface area contributed by atoms with Crippen molar-refractivity contribution in [3.8, 4) is 0 Å². The van der Waals surface area contributed by atoms with Gasteiger partial charge in [-0.3, -0.25) is 13.9 Å². The van der Waals surface area contributed by atoms with E-state index in [0.717, 1.165) is 17.4 Å². The molecular weight excluding hydrogens is 332 g/mol. The van der Waals surface area contributed by atoms with E-state index in [9.17, 15) is 19.5 Å². The van der Waals surface area contributed by atoms with Crippen molar-refractivity contribution in [3.05, 3.63) is 80.5 Å². The molecule has 1 N–H and O–H groups in total. The number of carboxylic acid groups (broad SMARTS) is 1. The largest absolute Gasteiger partial charge is 0.478 e. The average Bonchev–Trinajstić information content (AvgIpc) is 3.39. The fraction of sp³-hybridized carbons (Fsp3) is 0.250. The number of benzene rings is 2. The lowest BCUT2D eigenvalue weighted by atomic mass is 10.1. The molecule has 1 saturated carbocycles. The van der Waals surface area contributed by atoms with Crippen LogP contribution in [-0.4, -0.2) is 20.2 Å². The number of rotatable bonds is 4. The summed E-state index contributed by atoms with van der Waals surface area (Å²) in [4.78, 5) is 36.4. The van der Waals surface area contributed by atoms with E-state index >= 15 is 0 Å². The van der Waals surface area contributed by atoms with Crippen LogP contribution in [-0.2, 0) is 13.5 Å². The van der Waals surface area contributed by atoms with Crippen molar-refractivity contribution in [1.29, 1.82) is 0 Å². The second kappa shape index (κ2) is 5.98. The molecular formula is C20H18N2O4. The second-order valence-corrected chi connectivity index (χ2v) is 6.81. The smallest absolute Gasteiger partial charge is 0.335 e. The third-order valence-electron chi connectivity index (χ3n) is 5.09. The summed E-state index contributed by atoms with van der Waals surface area (Å²) in [5.74, 6) is -0.768. The summed E-state index contributed by atoms with van der Waals surface area (Å²) in [5, 5.41) is 9.44. The average molecular weight is 350 g/mol. The molecule has 1 fully saturated rings. The number of carboxylic acids is 1. The molecule has 6 nitrogen and oxygen atoms in total. The summed E-state index contributed by atoms with van der Waals surface area (Å²) < 4.78 is 2.71. The lowest BCUT2D eigenvalue weighted by molar-refractivity contribution is 0.0697. The van der Waals surface area contributed by atoms with Gasteiger partial charge in [0.15, 0.2) is 0 Å². The van der Waals surface area contributed by atoms with Gasteiger partial charge in [0.25, 0.3) is 5.56 Å². The first-order valence-corrected chi connectivity index (χ1v) is 8.50. The van der Waals surface area contributed by atoms with Crippen molar-refractivity contribution < 1.29 is 9.90 Å². The van der Waals surface area contributed by atoms with E-state index < -0.39 is 11.5 Å². The van der Waals surface area contributed by atoms with Gasteiger partial charge in [-0.05, 0) is 42.5 Å². The number of nitrogens with zero attached hydrogens (tertiary/aromatic N) is 2. The molecule has 0 amide bonds. The molecule has 1 aromatic heterocycles. The molecule has 3 aromatic rings. The zero-order valence-corrected chi connectivity index (χ0v) is 14.3. The Morgan fingerprint density at radius 3 is 2.58 bits per heavy atom. The maximum atomic E-state index is 12.7. The first-order valence-electron chi connectivity index (χ1n) is 8.50. The highest BCUT2D eigenvalue weighted by Gasteiger charge is 2.40. The van der Waals surface area contributed by atoms with Crippen LogP contribution in [0.25, 0.3) is 10.9 Å². The molecule has 0 spiro atoms. The zero-order valence-electron chi connectivity index (χ0n) is 14.3. The van der Waals surface area contributed by atoms with Crippen LogP contribution in [0.4, 0.5) is 0 Å². The number of aromatic nitrogens is 2. The highest BCUT2D eigenvalue weighted by Crippen LogP contribution is 2.45. The van der Waals surface area contributed by atoms with Crippen LogP contribution in [0.1, 0.15) is 28.4 Å². The van der Waals surface area contributed by atoms with Crippen molar-refractivity contribution in [2.75, 3.05) is 0 Å². The highest BCUT2D eigenvalue weighted by atomic mass is 16.4. The molecule has 4 rings (SSSR count). The molecule has 2 aromatic carbocycles. The maximum Gasteiger partial charge on any atom is 0.335 e. The Hall–Kier alpha value is -3.15. The van der Waals surface area contributed by atoms with Gasteiger partial charge in [-0.15, -0.1) is 0 Å². The molecule has 1 heterocycles. The van der Waals surface area contributed by atoms with Crippen LogP contribution in [0.3, 0.4) is 0 Å². The Balaban J connectivity index is 1.79. The van der Waals surface area contributed by atoms with Gasteiger partial charge in [0.2, 0.25) is 0 Å². The van der Waals surface area contributed by atoms with Crippen molar-refractivity contribution in [2.45, 2.75) is 18.9 Å². The number of hydrogen-bond acceptors (Lipinski definition) is 3. The van der Waals surface area contributed by atoms with E-state index in [0.29, 0.717) is 11.4 Å². The van der Waals surface area contributed by atoms with Crippen LogP contribution in [0.2, 0.25) is 0 Å². The molecule has 132 valence electrons. The molecule has 0 radical (unpaired) electrons. The van der Waals surface area contributed by atoms with Crippen LogP contribution in [0.15, 0.2) is 58.1 Å². The maximum absolute atomic E-state index is 12.7. The minimum absolute atomic E-state index is 0.0210. The Labute approximate surface area is 148 Å². The van der Waals surface area contributed by atoms with E-state index in [1.807, 2.05) is 18.2 Å². The van der Waals surface area contributed by atoms with Crippen LogP contribution in [0.5, 0.6) is 0 Å². The predicted molar refractivity (Wildman–Crippen MR) is 97.7 cm³/mol. The Kier molecular flexibility index (Phi) is 3.76. The van der Waals surface area contributed by atoms with Gasteiger partial charge >= 0.3 is 11.7 Å². The molecule has 0 bridgehead atoms. The SMILES string of the molecule is Cn1c(=O)c2cc(C(=O)O)ccc2n(C2CC2Cc2ccccc2)c1=O. The number of fused-ring (bicyclic) bond motifs is 1. The van der Waals surface area contributed by atoms with Gasteiger partial charge < -0.3 is 5.11 Å². The minimum atomic E-state index is -1.10. The summed E-state index contributed by atoms with van der Waals surface area (Å²) in [7, 11) is 1.43. The second-order valence-electron chi connectivity index (χ2n) is 6.81. The van der Waals surface area contributed by atoms with Gasteiger partial charge in [-0.1, -0.05) is 30.3 Å². The van der Waals surface area contributed by atoms with Crippen molar-refractivity contribution >= 4 is 16.9 Å². The quantitative estimate of drug-likeness (QED) is 0.782. The Morgan fingerprint density at radius 1 is 1.15 bits per heavy atom. The van der Waals surface area contributed by atoms with Crippen molar-refractivity contribution in [3.63, 3.8) is 0 Å². The van der Waals surface area contributed by atoms with Gasteiger partial charge in [0.05, 0.1) is 16.5 Å². The highest BCUT2D eigenvalue weighted by molar-refractivity contribution is 5.93. The topological polar surface area (TPSA) is 81.3 Å². The molecule has 0 aliphatic heterocycles. The molecule has 0 saturated heterocycles. The molecule has 1 aliphatic carbocycles. The third kappa shape index (κ3) is 2.63. The molecule has 6 heteroatoms. The van der Waals surface area contributed by atoms with Gasteiger partial charge in [0.1, 0.15) is 0 Å². The van der Waals surface area contributed by atoms with E-state index in [-0.39, 0.29) is 22.7 Å². The predicted octanol–water partition coefficient (Wildman–Crippen LogP) is 2.20. The number of aromatic carboxylic acids is 1. The lowest BCUT2D eigenvalue weighted by Gasteiger charge is -2.12. The van der Waals surface area contributed by atoms with E-state index in [2.05, 4.69) is 12.1 Å². The number of hydrogen-bond donors (Lipinski definition) is 1. The zero-order chi connectivity index (χ0) is 18.4. The van der Waals surface area contributed by atoms with E-state index in [1.165, 1.54) is 24.7 Å². The van der Waals surface area contributed by atoms with Crippen LogP contribution in [0, 0.1) is 5.92 Å². The summed E-state index contributed by atoms with van der Waals surface area (Å²) in [6.07, 6.45) is 1.73. The van der Waals surface area contributed by atoms with Gasteiger partial charge in [0, 0.05) is 13.1 Å². The van der Waals surface area contributed by atoms with Crippen molar-refractivity contribution in [2.24, 2.45) is 13.0 Å². The normalized spacial score (nSPS) is 18.8. The standard InChI is InChI=1S/C20H18N2O4/c1-21-18(23)15-10-13(19(24)25)7-8-16(15)22(20(21)26)17-11-14(17)9-12-5-3-2-4-6-12/h2-8,10,14,17H,9,11H2,1H3,(H,24,25). The summed E-state index contributed by atoms with van der Waals surface area (Å²) in [6.45, 7) is 0. The minimum Gasteiger partial charge on any atom is -0.478 e. The molecule has 2 atom stereocenters. The summed E-state index contributed by atoms with van der Waals surface area (Å²) in [5.41, 5.74) is 0.936. The third-order valence-corrected chi connectivity index (χ3v) is 5.09.